The van der Waals surface area contributed by atoms with Crippen molar-refractivity contribution in [3.05, 3.63) is 55.0 Å². The predicted molar refractivity (Wildman–Crippen MR) is 125 cm³/mol. The van der Waals surface area contributed by atoms with Crippen LogP contribution in [-0.4, -0.2) is 55.0 Å². The molecule has 0 saturated heterocycles. The number of hydrogen-bond acceptors (Lipinski definition) is 7. The molecule has 0 aliphatic heterocycles. The molecule has 1 fully saturated rings. The number of carbonyl (C=O) groups excluding carboxylic acids is 1. The number of carbonyl (C=O) groups is 1. The third kappa shape index (κ3) is 4.32. The topological polar surface area (TPSA) is 116 Å². The molecule has 0 unspecified atom stereocenters. The van der Waals surface area contributed by atoms with Crippen molar-refractivity contribution in [3.8, 4) is 22.9 Å². The van der Waals surface area contributed by atoms with Crippen molar-refractivity contribution in [1.82, 2.24) is 29.9 Å². The van der Waals surface area contributed by atoms with Gasteiger partial charge in [0.2, 0.25) is 5.88 Å². The Labute approximate surface area is 196 Å². The van der Waals surface area contributed by atoms with Gasteiger partial charge in [0, 0.05) is 43.5 Å². The molecule has 3 atom stereocenters. The minimum absolute atomic E-state index is 0.0613. The third-order valence-corrected chi connectivity index (χ3v) is 6.05. The Morgan fingerprint density at radius 1 is 1.21 bits per heavy atom. The van der Waals surface area contributed by atoms with Crippen LogP contribution in [0.1, 0.15) is 25.3 Å². The van der Waals surface area contributed by atoms with Crippen LogP contribution in [0, 0.1) is 0 Å². The zero-order chi connectivity index (χ0) is 23.7. The van der Waals surface area contributed by atoms with Gasteiger partial charge in [0.25, 0.3) is 0 Å². The summed E-state index contributed by atoms with van der Waals surface area (Å²) in [5, 5.41) is 23.3. The van der Waals surface area contributed by atoms with Crippen LogP contribution in [0.3, 0.4) is 0 Å². The number of amides is 1. The Kier molecular flexibility index (Phi) is 5.89. The van der Waals surface area contributed by atoms with Crippen LogP contribution in [0.15, 0.2) is 55.0 Å². The number of aliphatic hydroxyl groups excluding tert-OH is 1. The van der Waals surface area contributed by atoms with E-state index in [1.807, 2.05) is 48.3 Å². The SMILES string of the molecule is CNC(=O)Oc1cc2c(cn1)c(-c1cnn(C)c1)nn2[C@@H]1CC[C@H](Oc2ccccc2)[C@@H](O)C1. The number of pyridine rings is 1. The number of hydrogen-bond donors (Lipinski definition) is 2. The number of aliphatic hydroxyl groups is 1. The molecule has 1 saturated carbocycles. The van der Waals surface area contributed by atoms with E-state index in [9.17, 15) is 9.90 Å². The predicted octanol–water partition coefficient (Wildman–Crippen LogP) is 3.08. The van der Waals surface area contributed by atoms with E-state index in [2.05, 4.69) is 15.4 Å². The van der Waals surface area contributed by atoms with Gasteiger partial charge in [-0.1, -0.05) is 18.2 Å². The molecule has 1 amide bonds. The van der Waals surface area contributed by atoms with Crippen LogP contribution in [0.5, 0.6) is 11.6 Å². The smallest absolute Gasteiger partial charge is 0.413 e. The van der Waals surface area contributed by atoms with Gasteiger partial charge in [-0.2, -0.15) is 10.2 Å². The number of aryl methyl sites for hydroxylation is 1. The largest absolute Gasteiger partial charge is 0.488 e. The fraction of sp³-hybridized carbons (Fsp3) is 0.333. The van der Waals surface area contributed by atoms with Gasteiger partial charge < -0.3 is 19.9 Å². The second-order valence-electron chi connectivity index (χ2n) is 8.38. The second-order valence-corrected chi connectivity index (χ2v) is 8.38. The van der Waals surface area contributed by atoms with Gasteiger partial charge in [-0.15, -0.1) is 0 Å². The Morgan fingerprint density at radius 3 is 2.74 bits per heavy atom. The number of rotatable bonds is 5. The molecule has 3 aromatic heterocycles. The summed E-state index contributed by atoms with van der Waals surface area (Å²) in [6, 6.07) is 11.2. The van der Waals surface area contributed by atoms with E-state index < -0.39 is 12.2 Å². The Morgan fingerprint density at radius 2 is 2.03 bits per heavy atom. The Bertz CT molecular complexity index is 1300. The highest BCUT2D eigenvalue weighted by Gasteiger charge is 2.33. The number of aromatic nitrogens is 5. The molecule has 0 radical (unpaired) electrons. The molecule has 5 rings (SSSR count). The maximum Gasteiger partial charge on any atom is 0.413 e. The molecule has 3 heterocycles. The monoisotopic (exact) mass is 462 g/mol. The van der Waals surface area contributed by atoms with Crippen molar-refractivity contribution in [2.45, 2.75) is 37.5 Å². The van der Waals surface area contributed by atoms with Gasteiger partial charge in [0.1, 0.15) is 17.5 Å². The number of nitrogens with zero attached hydrogens (tertiary/aromatic N) is 5. The van der Waals surface area contributed by atoms with Crippen LogP contribution in [0.4, 0.5) is 4.79 Å². The van der Waals surface area contributed by atoms with E-state index in [1.54, 1.807) is 23.1 Å². The summed E-state index contributed by atoms with van der Waals surface area (Å²) in [7, 11) is 3.34. The molecule has 10 nitrogen and oxygen atoms in total. The number of nitrogens with one attached hydrogen (secondary N) is 1. The molecule has 1 aliphatic carbocycles. The highest BCUT2D eigenvalue weighted by Crippen LogP contribution is 2.36. The molecule has 176 valence electrons. The summed E-state index contributed by atoms with van der Waals surface area (Å²) in [5.74, 6) is 0.919. The van der Waals surface area contributed by atoms with Crippen molar-refractivity contribution < 1.29 is 19.4 Å². The van der Waals surface area contributed by atoms with E-state index in [0.29, 0.717) is 12.8 Å². The van der Waals surface area contributed by atoms with Gasteiger partial charge in [0.05, 0.1) is 23.9 Å². The first-order valence-corrected chi connectivity index (χ1v) is 11.2. The van der Waals surface area contributed by atoms with Crippen LogP contribution < -0.4 is 14.8 Å². The lowest BCUT2D eigenvalue weighted by molar-refractivity contribution is -0.00946. The average molecular weight is 463 g/mol. The first-order valence-electron chi connectivity index (χ1n) is 11.2. The number of fused-ring (bicyclic) bond motifs is 1. The lowest BCUT2D eigenvalue weighted by Crippen LogP contribution is -2.38. The average Bonchev–Trinajstić information content (AvgIpc) is 3.44. The summed E-state index contributed by atoms with van der Waals surface area (Å²) in [6.07, 6.45) is 5.69. The Hall–Kier alpha value is -3.92. The first kappa shape index (κ1) is 21.9. The van der Waals surface area contributed by atoms with Gasteiger partial charge in [-0.05, 0) is 31.4 Å². The fourth-order valence-corrected chi connectivity index (χ4v) is 4.38. The van der Waals surface area contributed by atoms with E-state index >= 15 is 0 Å². The van der Waals surface area contributed by atoms with Crippen molar-refractivity contribution in [2.75, 3.05) is 7.05 Å². The molecule has 34 heavy (non-hydrogen) atoms. The molecule has 1 aromatic carbocycles. The van der Waals surface area contributed by atoms with Gasteiger partial charge in [-0.25, -0.2) is 9.78 Å². The maximum absolute atomic E-state index is 11.7. The van der Waals surface area contributed by atoms with Crippen LogP contribution in [0.2, 0.25) is 0 Å². The summed E-state index contributed by atoms with van der Waals surface area (Å²) in [5.41, 5.74) is 2.36. The van der Waals surface area contributed by atoms with Gasteiger partial charge in [0.15, 0.2) is 0 Å². The van der Waals surface area contributed by atoms with Crippen molar-refractivity contribution in [2.24, 2.45) is 7.05 Å². The highest BCUT2D eigenvalue weighted by atomic mass is 16.6. The lowest BCUT2D eigenvalue weighted by Gasteiger charge is -2.33. The third-order valence-electron chi connectivity index (χ3n) is 6.05. The second kappa shape index (κ2) is 9.14. The molecule has 1 aliphatic rings. The minimum atomic E-state index is -0.650. The van der Waals surface area contributed by atoms with Crippen LogP contribution >= 0.6 is 0 Å². The lowest BCUT2D eigenvalue weighted by atomic mass is 9.90. The van der Waals surface area contributed by atoms with Crippen LogP contribution in [0.25, 0.3) is 22.2 Å². The summed E-state index contributed by atoms with van der Waals surface area (Å²) in [6.45, 7) is 0. The molecule has 4 aromatic rings. The Balaban J connectivity index is 1.46. The fourth-order valence-electron chi connectivity index (χ4n) is 4.38. The molecule has 0 bridgehead atoms. The van der Waals surface area contributed by atoms with Gasteiger partial charge in [-0.3, -0.25) is 9.36 Å². The van der Waals surface area contributed by atoms with Crippen molar-refractivity contribution in [1.29, 1.82) is 0 Å². The maximum atomic E-state index is 11.7. The standard InChI is InChI=1S/C24H26N6O4/c1-25-24(32)34-22-11-19-18(13-26-22)23(15-12-27-29(2)14-15)28-30(19)16-8-9-21(20(31)10-16)33-17-6-4-3-5-7-17/h3-7,11-14,16,20-21,31H,8-10H2,1-2H3,(H,25,32)/t16-,20+,21+/m1/s1. The van der Waals surface area contributed by atoms with E-state index in [1.165, 1.54) is 7.05 Å². The van der Waals surface area contributed by atoms with E-state index in [-0.39, 0.29) is 18.0 Å². The normalized spacial score (nSPS) is 20.3. The van der Waals surface area contributed by atoms with E-state index in [4.69, 9.17) is 14.6 Å². The zero-order valence-corrected chi connectivity index (χ0v) is 19.0. The quantitative estimate of drug-likeness (QED) is 0.468. The van der Waals surface area contributed by atoms with Crippen molar-refractivity contribution >= 4 is 17.0 Å². The molecule has 10 heteroatoms. The summed E-state index contributed by atoms with van der Waals surface area (Å²) in [4.78, 5) is 16.0. The van der Waals surface area contributed by atoms with Gasteiger partial charge >= 0.3 is 6.09 Å². The number of para-hydroxylation sites is 1. The molecule has 2 N–H and O–H groups in total. The first-order chi connectivity index (χ1) is 16.5. The number of benzene rings is 1. The highest BCUT2D eigenvalue weighted by molar-refractivity contribution is 5.93. The van der Waals surface area contributed by atoms with Crippen molar-refractivity contribution in [3.63, 3.8) is 0 Å². The zero-order valence-electron chi connectivity index (χ0n) is 19.0. The summed E-state index contributed by atoms with van der Waals surface area (Å²) < 4.78 is 14.9. The van der Waals surface area contributed by atoms with E-state index in [0.717, 1.165) is 34.3 Å². The van der Waals surface area contributed by atoms with Crippen LogP contribution in [-0.2, 0) is 7.05 Å². The summed E-state index contributed by atoms with van der Waals surface area (Å²) >= 11 is 0. The molecular weight excluding hydrogens is 436 g/mol. The molecule has 0 spiro atoms. The minimum Gasteiger partial charge on any atom is -0.488 e. The number of ether oxygens (including phenoxy) is 2. The molecular formula is C24H26N6O4.